The normalized spacial score (nSPS) is 15.9. The third kappa shape index (κ3) is 5.81. The van der Waals surface area contributed by atoms with Crippen LogP contribution in [0.1, 0.15) is 23.1 Å². The Kier molecular flexibility index (Phi) is 7.56. The van der Waals surface area contributed by atoms with E-state index in [4.69, 9.17) is 9.47 Å². The van der Waals surface area contributed by atoms with Crippen LogP contribution < -0.4 is 4.74 Å². The van der Waals surface area contributed by atoms with E-state index in [1.165, 1.54) is 4.90 Å². The van der Waals surface area contributed by atoms with Crippen LogP contribution in [0.5, 0.6) is 5.75 Å². The van der Waals surface area contributed by atoms with Crippen LogP contribution in [0.15, 0.2) is 84.9 Å². The fourth-order valence-electron chi connectivity index (χ4n) is 4.07. The number of nitrogens with zero attached hydrogens (tertiary/aromatic N) is 2. The molecule has 1 aliphatic rings. The fraction of sp³-hybridized carbons (Fsp3) is 0.250. The summed E-state index contributed by atoms with van der Waals surface area (Å²) in [6.45, 7) is 0.627. The molecular weight excluding hydrogens is 428 g/mol. The first-order chi connectivity index (χ1) is 16.6. The average molecular weight is 455 g/mol. The van der Waals surface area contributed by atoms with Crippen molar-refractivity contribution < 1.29 is 19.1 Å². The number of hydrogen-bond donors (Lipinski definition) is 0. The van der Waals surface area contributed by atoms with Crippen LogP contribution in [0, 0.1) is 17.2 Å². The molecule has 34 heavy (non-hydrogen) atoms. The van der Waals surface area contributed by atoms with Gasteiger partial charge >= 0.3 is 6.09 Å². The number of ether oxygens (including phenoxy) is 2. The summed E-state index contributed by atoms with van der Waals surface area (Å²) in [4.78, 5) is 26.9. The minimum atomic E-state index is -0.640. The minimum absolute atomic E-state index is 0.0208. The summed E-state index contributed by atoms with van der Waals surface area (Å²) < 4.78 is 11.0. The highest BCUT2D eigenvalue weighted by molar-refractivity contribution is 5.95. The third-order valence-electron chi connectivity index (χ3n) is 5.85. The Morgan fingerprint density at radius 2 is 1.62 bits per heavy atom. The molecule has 0 radical (unpaired) electrons. The minimum Gasteiger partial charge on any atom is -0.489 e. The molecule has 0 saturated carbocycles. The van der Waals surface area contributed by atoms with Crippen molar-refractivity contribution in [1.29, 1.82) is 5.26 Å². The molecule has 3 aromatic carbocycles. The highest BCUT2D eigenvalue weighted by atomic mass is 16.6. The molecule has 1 saturated heterocycles. The molecule has 6 heteroatoms. The summed E-state index contributed by atoms with van der Waals surface area (Å²) in [6, 6.07) is 28.8. The molecule has 1 heterocycles. The molecule has 0 aliphatic carbocycles. The van der Waals surface area contributed by atoms with E-state index >= 15 is 0 Å². The van der Waals surface area contributed by atoms with Crippen LogP contribution in [-0.4, -0.2) is 29.5 Å². The number of carbonyl (C=O) groups excluding carboxylic acids is 2. The number of cyclic esters (lactones) is 1. The molecule has 3 aromatic rings. The van der Waals surface area contributed by atoms with E-state index in [0.717, 1.165) is 22.4 Å². The van der Waals surface area contributed by atoms with Gasteiger partial charge in [0, 0.05) is 6.42 Å². The molecule has 2 atom stereocenters. The van der Waals surface area contributed by atoms with Gasteiger partial charge in [-0.1, -0.05) is 72.8 Å². The zero-order valence-corrected chi connectivity index (χ0v) is 18.8. The van der Waals surface area contributed by atoms with Crippen molar-refractivity contribution in [3.8, 4) is 11.8 Å². The summed E-state index contributed by atoms with van der Waals surface area (Å²) in [5, 5.41) is 9.34. The van der Waals surface area contributed by atoms with E-state index in [1.807, 2.05) is 84.9 Å². The highest BCUT2D eigenvalue weighted by Crippen LogP contribution is 2.24. The second-order valence-corrected chi connectivity index (χ2v) is 8.31. The first-order valence-corrected chi connectivity index (χ1v) is 11.3. The molecule has 0 N–H and O–H groups in total. The summed E-state index contributed by atoms with van der Waals surface area (Å²) in [5.74, 6) is -0.277. The van der Waals surface area contributed by atoms with Crippen molar-refractivity contribution >= 4 is 12.0 Å². The Labute approximate surface area is 199 Å². The first-order valence-electron chi connectivity index (χ1n) is 11.3. The number of rotatable bonds is 9. The lowest BCUT2D eigenvalue weighted by Crippen LogP contribution is -2.44. The molecular formula is C28H26N2O4. The maximum atomic E-state index is 13.3. The van der Waals surface area contributed by atoms with Gasteiger partial charge in [0.25, 0.3) is 0 Å². The number of amides is 2. The van der Waals surface area contributed by atoms with Gasteiger partial charge in [-0.05, 0) is 41.7 Å². The van der Waals surface area contributed by atoms with Crippen LogP contribution in [0.4, 0.5) is 4.79 Å². The van der Waals surface area contributed by atoms with Crippen molar-refractivity contribution in [2.45, 2.75) is 31.9 Å². The Hall–Kier alpha value is -4.11. The van der Waals surface area contributed by atoms with Crippen LogP contribution in [0.3, 0.4) is 0 Å². The smallest absolute Gasteiger partial charge is 0.416 e. The Balaban J connectivity index is 1.41. The van der Waals surface area contributed by atoms with Gasteiger partial charge in [0.2, 0.25) is 5.91 Å². The SMILES string of the molecule is N#CCC(Cc1ccc(OCc2ccccc2)cc1)C(=O)N1C(=O)OCC1Cc1ccccc1. The lowest BCUT2D eigenvalue weighted by Gasteiger charge is -2.24. The summed E-state index contributed by atoms with van der Waals surface area (Å²) in [6.07, 6.45) is 0.254. The maximum Gasteiger partial charge on any atom is 0.416 e. The van der Waals surface area contributed by atoms with Crippen molar-refractivity contribution in [1.82, 2.24) is 4.90 Å². The van der Waals surface area contributed by atoms with Gasteiger partial charge in [0.15, 0.2) is 0 Å². The lowest BCUT2D eigenvalue weighted by molar-refractivity contribution is -0.133. The predicted octanol–water partition coefficient (Wildman–Crippen LogP) is 4.93. The van der Waals surface area contributed by atoms with Gasteiger partial charge in [-0.15, -0.1) is 0 Å². The predicted molar refractivity (Wildman–Crippen MR) is 127 cm³/mol. The quantitative estimate of drug-likeness (QED) is 0.458. The molecule has 1 aliphatic heterocycles. The van der Waals surface area contributed by atoms with E-state index in [9.17, 15) is 14.9 Å². The van der Waals surface area contributed by atoms with E-state index in [2.05, 4.69) is 6.07 Å². The number of imide groups is 1. The monoisotopic (exact) mass is 454 g/mol. The molecule has 1 fully saturated rings. The second-order valence-electron chi connectivity index (χ2n) is 8.31. The van der Waals surface area contributed by atoms with Crippen LogP contribution in [-0.2, 0) is 29.0 Å². The van der Waals surface area contributed by atoms with Gasteiger partial charge in [-0.2, -0.15) is 5.26 Å². The number of benzene rings is 3. The summed E-state index contributed by atoms with van der Waals surface area (Å²) in [5.41, 5.74) is 2.99. The van der Waals surface area contributed by atoms with Crippen LogP contribution in [0.25, 0.3) is 0 Å². The van der Waals surface area contributed by atoms with Crippen molar-refractivity contribution in [3.05, 3.63) is 102 Å². The zero-order valence-electron chi connectivity index (χ0n) is 18.8. The third-order valence-corrected chi connectivity index (χ3v) is 5.85. The molecule has 0 aromatic heterocycles. The first kappa shape index (κ1) is 23.1. The highest BCUT2D eigenvalue weighted by Gasteiger charge is 2.40. The fourth-order valence-corrected chi connectivity index (χ4v) is 4.07. The zero-order chi connectivity index (χ0) is 23.8. The lowest BCUT2D eigenvalue weighted by atomic mass is 9.94. The van der Waals surface area contributed by atoms with Gasteiger partial charge < -0.3 is 9.47 Å². The Morgan fingerprint density at radius 1 is 0.971 bits per heavy atom. The van der Waals surface area contributed by atoms with E-state index < -0.39 is 12.0 Å². The molecule has 0 spiro atoms. The van der Waals surface area contributed by atoms with Crippen molar-refractivity contribution in [3.63, 3.8) is 0 Å². The van der Waals surface area contributed by atoms with E-state index in [-0.39, 0.29) is 25.0 Å². The van der Waals surface area contributed by atoms with Gasteiger partial charge in [-0.25, -0.2) is 9.69 Å². The standard InChI is InChI=1S/C28H26N2O4/c29-16-15-24(17-22-11-13-26(14-12-22)33-19-23-9-5-2-6-10-23)27(31)30-25(20-34-28(30)32)18-21-7-3-1-4-8-21/h1-14,24-25H,15,17-20H2. The van der Waals surface area contributed by atoms with Crippen LogP contribution in [0.2, 0.25) is 0 Å². The molecule has 172 valence electrons. The summed E-state index contributed by atoms with van der Waals surface area (Å²) >= 11 is 0. The number of carbonyl (C=O) groups is 2. The Morgan fingerprint density at radius 3 is 2.26 bits per heavy atom. The number of hydrogen-bond acceptors (Lipinski definition) is 5. The van der Waals surface area contributed by atoms with E-state index in [0.29, 0.717) is 19.4 Å². The molecule has 2 amide bonds. The summed E-state index contributed by atoms with van der Waals surface area (Å²) in [7, 11) is 0. The van der Waals surface area contributed by atoms with E-state index in [1.54, 1.807) is 0 Å². The largest absolute Gasteiger partial charge is 0.489 e. The maximum absolute atomic E-state index is 13.3. The van der Waals surface area contributed by atoms with Crippen LogP contribution >= 0.6 is 0 Å². The molecule has 6 nitrogen and oxygen atoms in total. The topological polar surface area (TPSA) is 79.6 Å². The molecule has 0 bridgehead atoms. The molecule has 2 unspecified atom stereocenters. The number of nitriles is 1. The van der Waals surface area contributed by atoms with Gasteiger partial charge in [0.1, 0.15) is 19.0 Å². The van der Waals surface area contributed by atoms with Gasteiger partial charge in [-0.3, -0.25) is 4.79 Å². The van der Waals surface area contributed by atoms with Crippen molar-refractivity contribution in [2.24, 2.45) is 5.92 Å². The second kappa shape index (κ2) is 11.2. The Bertz CT molecular complexity index is 1140. The van der Waals surface area contributed by atoms with Gasteiger partial charge in [0.05, 0.1) is 18.0 Å². The molecule has 4 rings (SSSR count). The van der Waals surface area contributed by atoms with Crippen molar-refractivity contribution in [2.75, 3.05) is 6.61 Å². The average Bonchev–Trinajstić information content (AvgIpc) is 3.23.